The number of fused-ring (bicyclic) bond motifs is 3. The summed E-state index contributed by atoms with van der Waals surface area (Å²) >= 11 is 0. The Hall–Kier alpha value is -3.05. The quantitative estimate of drug-likeness (QED) is 0.0446. The van der Waals surface area contributed by atoms with E-state index < -0.39 is 12.3 Å². The molecular formula is C58H94N4O16. The van der Waals surface area contributed by atoms with Crippen LogP contribution in [0.3, 0.4) is 0 Å². The lowest BCUT2D eigenvalue weighted by Crippen LogP contribution is -2.47. The van der Waals surface area contributed by atoms with Gasteiger partial charge in [0.2, 0.25) is 0 Å². The van der Waals surface area contributed by atoms with Crippen molar-refractivity contribution in [1.82, 2.24) is 19.6 Å². The number of hydrogen-bond acceptors (Lipinski definition) is 16. The summed E-state index contributed by atoms with van der Waals surface area (Å²) in [5.74, 6) is 6.09. The van der Waals surface area contributed by atoms with Gasteiger partial charge in [0.1, 0.15) is 37.6 Å². The van der Waals surface area contributed by atoms with E-state index in [2.05, 4.69) is 6.92 Å². The minimum absolute atomic E-state index is 0.00800. The van der Waals surface area contributed by atoms with Crippen LogP contribution in [-0.4, -0.2) is 219 Å². The molecule has 0 spiro atoms. The van der Waals surface area contributed by atoms with Gasteiger partial charge >= 0.3 is 18.0 Å². The van der Waals surface area contributed by atoms with Gasteiger partial charge < -0.3 is 66.6 Å². The molecule has 0 aromatic rings. The topological polar surface area (TPSA) is 213 Å². The largest absolute Gasteiger partial charge is 0.465 e. The molecule has 6 aliphatic carbocycles. The molecule has 12 fully saturated rings. The van der Waals surface area contributed by atoms with Crippen LogP contribution in [0.1, 0.15) is 117 Å². The Labute approximate surface area is 463 Å². The standard InChI is InChI=1S/C16H28O5.C15H22O3.C15H26O3.C12H18N4O5/c1-2-16(10-17-5-13-3-4-13,11-18-6-14-8-20-14)12-19-7-15-9-21-15;16-15(11-3-4-13-14(7-11)18-13)17-8-9-1-2-10-6-12(10)5-9;1-2-12(1)7-16-8-13-3-5-14(6-4-13)9-17-10-15-11-18-15;1-3-13-9-10(14(4-6-17)11(13)19)15(5-7-18)12(20)16(9)8-21-2/h13-15H,2-12H2,1H3;9-14H,1-8H2;12-15H,1-11H2;6-7,9-10H,3-5,8H2,1-2H3. The predicted molar refractivity (Wildman–Crippen MR) is 283 cm³/mol. The van der Waals surface area contributed by atoms with Crippen LogP contribution in [0.2, 0.25) is 0 Å². The van der Waals surface area contributed by atoms with E-state index >= 15 is 0 Å². The van der Waals surface area contributed by atoms with E-state index in [0.717, 1.165) is 121 Å². The van der Waals surface area contributed by atoms with Crippen molar-refractivity contribution in [3.8, 4) is 0 Å². The first-order valence-electron chi connectivity index (χ1n) is 30.2. The molecule has 11 atom stereocenters. The van der Waals surface area contributed by atoms with Gasteiger partial charge in [-0.3, -0.25) is 19.5 Å². The van der Waals surface area contributed by atoms with Crippen molar-refractivity contribution in [3.63, 3.8) is 0 Å². The molecule has 20 nitrogen and oxygen atoms in total. The number of likely N-dealkylation sites (N-methyl/N-ethyl adjacent to an activating group) is 1. The summed E-state index contributed by atoms with van der Waals surface area (Å²) in [4.78, 5) is 63.9. The molecule has 0 aromatic heterocycles. The van der Waals surface area contributed by atoms with Gasteiger partial charge in [-0.25, -0.2) is 9.59 Å². The van der Waals surface area contributed by atoms with Crippen molar-refractivity contribution in [2.24, 2.45) is 52.8 Å². The lowest BCUT2D eigenvalue weighted by Gasteiger charge is -2.32. The zero-order chi connectivity index (χ0) is 54.4. The van der Waals surface area contributed by atoms with Gasteiger partial charge in [-0.15, -0.1) is 0 Å². The van der Waals surface area contributed by atoms with Crippen LogP contribution < -0.4 is 0 Å². The highest BCUT2D eigenvalue weighted by Crippen LogP contribution is 2.51. The molecule has 0 N–H and O–H groups in total. The van der Waals surface area contributed by atoms with Gasteiger partial charge in [0.15, 0.2) is 12.3 Å². The van der Waals surface area contributed by atoms with Gasteiger partial charge in [-0.05, 0) is 151 Å². The molecule has 442 valence electrons. The number of methoxy groups -OCH3 is 1. The molecule has 20 heteroatoms. The van der Waals surface area contributed by atoms with E-state index in [0.29, 0.717) is 88.6 Å². The third kappa shape index (κ3) is 18.2. The van der Waals surface area contributed by atoms with Crippen molar-refractivity contribution in [1.29, 1.82) is 0 Å². The van der Waals surface area contributed by atoms with Crippen molar-refractivity contribution >= 4 is 30.6 Å². The summed E-state index contributed by atoms with van der Waals surface area (Å²) in [6.45, 7) is 15.5. The summed E-state index contributed by atoms with van der Waals surface area (Å²) in [5.41, 5.74) is -0.0430. The number of hydrogen-bond donors (Lipinski definition) is 0. The highest BCUT2D eigenvalue weighted by Gasteiger charge is 2.58. The monoisotopic (exact) mass is 1100 g/mol. The minimum atomic E-state index is -0.657. The first-order chi connectivity index (χ1) is 38.1. The molecule has 78 heavy (non-hydrogen) atoms. The second-order valence-corrected chi connectivity index (χ2v) is 24.6. The van der Waals surface area contributed by atoms with Gasteiger partial charge in [-0.1, -0.05) is 6.92 Å². The Morgan fingerprint density at radius 2 is 1.01 bits per heavy atom. The van der Waals surface area contributed by atoms with Crippen LogP contribution in [-0.2, 0) is 66.5 Å². The Bertz CT molecular complexity index is 1820. The van der Waals surface area contributed by atoms with Gasteiger partial charge in [0, 0.05) is 45.5 Å². The maximum atomic E-state index is 12.4. The summed E-state index contributed by atoms with van der Waals surface area (Å²) in [6, 6.07) is -0.718. The number of urea groups is 2. The number of nitrogens with zero attached hydrogens (tertiary/aromatic N) is 4. The second-order valence-electron chi connectivity index (χ2n) is 24.6. The smallest absolute Gasteiger partial charge is 0.325 e. The summed E-state index contributed by atoms with van der Waals surface area (Å²) in [6.07, 6.45) is 21.9. The van der Waals surface area contributed by atoms with Crippen molar-refractivity contribution in [2.75, 3.05) is 126 Å². The Balaban J connectivity index is 0.000000127. The fraction of sp³-hybridized carbons (Fsp3) is 0.914. The molecule has 6 saturated heterocycles. The molecular weight excluding hydrogens is 1010 g/mol. The van der Waals surface area contributed by atoms with E-state index in [-0.39, 0.29) is 49.2 Å². The molecule has 0 radical (unpaired) electrons. The first-order valence-corrected chi connectivity index (χ1v) is 30.2. The SMILES string of the molecule is C1CC1COCC1CCC(COCC2CO2)CC1.CCC(COCC1CC1)(COCC1CO1)COCC1CO1.CCN1C(=O)N(CC=O)C2C1N(COC)C(=O)N2CC=O.O=C(OCC1CCC2CC2C1)C1CCC2OC2C1. The first kappa shape index (κ1) is 59.6. The Kier molecular flexibility index (Phi) is 22.4. The van der Waals surface area contributed by atoms with Crippen molar-refractivity contribution in [3.05, 3.63) is 0 Å². The zero-order valence-electron chi connectivity index (χ0n) is 47.2. The number of esters is 1. The molecule has 12 aliphatic rings. The number of ether oxygens (including phenoxy) is 11. The number of aldehydes is 2. The summed E-state index contributed by atoms with van der Waals surface area (Å²) < 4.78 is 60.7. The molecule has 0 aromatic carbocycles. The highest BCUT2D eigenvalue weighted by molar-refractivity contribution is 5.87. The number of rotatable bonds is 31. The average Bonchev–Trinajstić information content (AvgIpc) is 4.43. The third-order valence-electron chi connectivity index (χ3n) is 18.0. The van der Waals surface area contributed by atoms with Crippen LogP contribution in [0, 0.1) is 52.8 Å². The fourth-order valence-corrected chi connectivity index (χ4v) is 12.0. The van der Waals surface area contributed by atoms with Gasteiger partial charge in [0.25, 0.3) is 0 Å². The van der Waals surface area contributed by atoms with Crippen molar-refractivity contribution in [2.45, 2.75) is 159 Å². The molecule has 12 rings (SSSR count). The molecule has 6 saturated carbocycles. The Morgan fingerprint density at radius 3 is 1.49 bits per heavy atom. The van der Waals surface area contributed by atoms with Crippen molar-refractivity contribution < 1.29 is 76.1 Å². The molecule has 6 heterocycles. The minimum Gasteiger partial charge on any atom is -0.465 e. The maximum absolute atomic E-state index is 12.4. The maximum Gasteiger partial charge on any atom is 0.325 e. The summed E-state index contributed by atoms with van der Waals surface area (Å²) in [5, 5.41) is 0. The zero-order valence-corrected chi connectivity index (χ0v) is 47.2. The van der Waals surface area contributed by atoms with E-state index in [4.69, 9.17) is 52.1 Å². The fourth-order valence-electron chi connectivity index (χ4n) is 12.0. The summed E-state index contributed by atoms with van der Waals surface area (Å²) in [7, 11) is 1.45. The van der Waals surface area contributed by atoms with E-state index in [1.807, 2.05) is 0 Å². The highest BCUT2D eigenvalue weighted by atomic mass is 16.6. The van der Waals surface area contributed by atoms with Gasteiger partial charge in [-0.2, -0.15) is 0 Å². The van der Waals surface area contributed by atoms with Crippen LogP contribution in [0.25, 0.3) is 0 Å². The lowest BCUT2D eigenvalue weighted by atomic mass is 9.83. The van der Waals surface area contributed by atoms with Gasteiger partial charge in [0.05, 0.1) is 97.3 Å². The molecule has 6 aliphatic heterocycles. The molecule has 0 bridgehead atoms. The second kappa shape index (κ2) is 29.3. The number of epoxide rings is 4. The average molecular weight is 1100 g/mol. The van der Waals surface area contributed by atoms with Crippen LogP contribution in [0.15, 0.2) is 0 Å². The van der Waals surface area contributed by atoms with E-state index in [1.54, 1.807) is 6.92 Å². The predicted octanol–water partition coefficient (Wildman–Crippen LogP) is 5.94. The number of amides is 4. The third-order valence-corrected chi connectivity index (χ3v) is 18.0. The van der Waals surface area contributed by atoms with Crippen LogP contribution in [0.4, 0.5) is 9.59 Å². The Morgan fingerprint density at radius 1 is 0.538 bits per heavy atom. The molecule has 4 amide bonds. The van der Waals surface area contributed by atoms with Crippen LogP contribution >= 0.6 is 0 Å². The normalized spacial score (nSPS) is 34.3. The number of carbonyl (C=O) groups is 5. The lowest BCUT2D eigenvalue weighted by molar-refractivity contribution is -0.151. The number of carbonyl (C=O) groups excluding carboxylic acids is 5. The van der Waals surface area contributed by atoms with E-state index in [1.165, 1.54) is 104 Å². The van der Waals surface area contributed by atoms with E-state index in [9.17, 15) is 24.0 Å². The molecule has 11 unspecified atom stereocenters. The van der Waals surface area contributed by atoms with Crippen LogP contribution in [0.5, 0.6) is 0 Å².